The van der Waals surface area contributed by atoms with Crippen molar-refractivity contribution < 1.29 is 9.53 Å². The van der Waals surface area contributed by atoms with Crippen LogP contribution in [-0.2, 0) is 13.1 Å². The summed E-state index contributed by atoms with van der Waals surface area (Å²) in [5.74, 6) is 2.29. The molecule has 3 aromatic carbocycles. The molecule has 1 aromatic heterocycles. The van der Waals surface area contributed by atoms with Crippen LogP contribution in [0, 0.1) is 6.92 Å². The van der Waals surface area contributed by atoms with Gasteiger partial charge < -0.3 is 14.6 Å². The standard InChI is InChI=1S/C30H35N3O2/c1-4-22(2)24-15-17-25(18-16-24)35-20-10-9-19-33-28-14-8-7-13-27(28)32-29(33)21-31-30(34)26-12-6-5-11-23(26)3/h5-8,11-18,22H,4,9-10,19-21H2,1-3H3,(H,31,34). The topological polar surface area (TPSA) is 56.1 Å². The number of nitrogens with one attached hydrogen (secondary N) is 1. The summed E-state index contributed by atoms with van der Waals surface area (Å²) in [5.41, 5.74) is 5.06. The number of aromatic nitrogens is 2. The van der Waals surface area contributed by atoms with Crippen LogP contribution in [0.3, 0.4) is 0 Å². The lowest BCUT2D eigenvalue weighted by molar-refractivity contribution is 0.0949. The number of benzene rings is 3. The van der Waals surface area contributed by atoms with Crippen molar-refractivity contribution in [2.24, 2.45) is 0 Å². The van der Waals surface area contributed by atoms with E-state index < -0.39 is 0 Å². The van der Waals surface area contributed by atoms with Gasteiger partial charge in [0.2, 0.25) is 0 Å². The Kier molecular flexibility index (Phi) is 8.19. The highest BCUT2D eigenvalue weighted by molar-refractivity contribution is 5.95. The van der Waals surface area contributed by atoms with Gasteiger partial charge >= 0.3 is 0 Å². The van der Waals surface area contributed by atoms with Crippen molar-refractivity contribution in [1.82, 2.24) is 14.9 Å². The second-order valence-electron chi connectivity index (χ2n) is 9.10. The first-order chi connectivity index (χ1) is 17.1. The van der Waals surface area contributed by atoms with Crippen LogP contribution in [0.1, 0.15) is 66.3 Å². The van der Waals surface area contributed by atoms with Crippen molar-refractivity contribution in [1.29, 1.82) is 0 Å². The van der Waals surface area contributed by atoms with Crippen molar-refractivity contribution in [3.8, 4) is 5.75 Å². The van der Waals surface area contributed by atoms with Gasteiger partial charge in [-0.15, -0.1) is 0 Å². The van der Waals surface area contributed by atoms with E-state index in [4.69, 9.17) is 9.72 Å². The first-order valence-electron chi connectivity index (χ1n) is 12.6. The predicted octanol–water partition coefficient (Wildman–Crippen LogP) is 6.65. The zero-order valence-electron chi connectivity index (χ0n) is 21.0. The monoisotopic (exact) mass is 469 g/mol. The number of hydrogen-bond donors (Lipinski definition) is 1. The molecule has 1 N–H and O–H groups in total. The number of ether oxygens (including phenoxy) is 1. The summed E-state index contributed by atoms with van der Waals surface area (Å²) in [7, 11) is 0. The fraction of sp³-hybridized carbons (Fsp3) is 0.333. The van der Waals surface area contributed by atoms with Crippen molar-refractivity contribution in [2.75, 3.05) is 6.61 Å². The van der Waals surface area contributed by atoms with Crippen molar-refractivity contribution >= 4 is 16.9 Å². The second kappa shape index (κ2) is 11.7. The van der Waals surface area contributed by atoms with Gasteiger partial charge in [-0.2, -0.15) is 0 Å². The summed E-state index contributed by atoms with van der Waals surface area (Å²) in [6.45, 7) is 8.30. The fourth-order valence-electron chi connectivity index (χ4n) is 4.28. The molecule has 4 aromatic rings. The van der Waals surface area contributed by atoms with Gasteiger partial charge in [0.05, 0.1) is 24.2 Å². The van der Waals surface area contributed by atoms with Gasteiger partial charge in [0.1, 0.15) is 11.6 Å². The van der Waals surface area contributed by atoms with Crippen LogP contribution in [0.25, 0.3) is 11.0 Å². The molecule has 0 aliphatic heterocycles. The molecular formula is C30H35N3O2. The lowest BCUT2D eigenvalue weighted by atomic mass is 9.99. The molecule has 35 heavy (non-hydrogen) atoms. The van der Waals surface area contributed by atoms with Gasteiger partial charge in [-0.3, -0.25) is 4.79 Å². The molecule has 1 atom stereocenters. The minimum absolute atomic E-state index is 0.0746. The Morgan fingerprint density at radius 1 is 1.00 bits per heavy atom. The van der Waals surface area contributed by atoms with Crippen LogP contribution in [0.2, 0.25) is 0 Å². The van der Waals surface area contributed by atoms with Gasteiger partial charge in [-0.05, 0) is 73.6 Å². The molecule has 0 saturated carbocycles. The van der Waals surface area contributed by atoms with E-state index >= 15 is 0 Å². The molecule has 1 heterocycles. The Hall–Kier alpha value is -3.60. The summed E-state index contributed by atoms with van der Waals surface area (Å²) < 4.78 is 8.19. The Balaban J connectivity index is 1.34. The number of hydrogen-bond acceptors (Lipinski definition) is 3. The summed E-state index contributed by atoms with van der Waals surface area (Å²) in [6.07, 6.45) is 3.04. The number of amides is 1. The molecule has 0 aliphatic carbocycles. The van der Waals surface area contributed by atoms with E-state index in [9.17, 15) is 4.79 Å². The molecule has 0 spiro atoms. The van der Waals surface area contributed by atoms with E-state index in [0.29, 0.717) is 24.6 Å². The zero-order valence-corrected chi connectivity index (χ0v) is 21.0. The van der Waals surface area contributed by atoms with Crippen LogP contribution < -0.4 is 10.1 Å². The maximum absolute atomic E-state index is 12.7. The number of carbonyl (C=O) groups excluding carboxylic acids is 1. The van der Waals surface area contributed by atoms with E-state index in [1.165, 1.54) is 5.56 Å². The Labute approximate surface area is 208 Å². The summed E-state index contributed by atoms with van der Waals surface area (Å²) in [4.78, 5) is 17.5. The average molecular weight is 470 g/mol. The van der Waals surface area contributed by atoms with Crippen LogP contribution in [0.15, 0.2) is 72.8 Å². The first-order valence-corrected chi connectivity index (χ1v) is 12.6. The largest absolute Gasteiger partial charge is 0.494 e. The van der Waals surface area contributed by atoms with E-state index in [2.05, 4.69) is 54.1 Å². The van der Waals surface area contributed by atoms with Gasteiger partial charge in [0.25, 0.3) is 5.91 Å². The van der Waals surface area contributed by atoms with Crippen molar-refractivity contribution in [3.63, 3.8) is 0 Å². The number of para-hydroxylation sites is 2. The SMILES string of the molecule is CCC(C)c1ccc(OCCCCn2c(CNC(=O)c3ccccc3C)nc3ccccc32)cc1. The highest BCUT2D eigenvalue weighted by Gasteiger charge is 2.13. The van der Waals surface area contributed by atoms with Crippen molar-refractivity contribution in [2.45, 2.75) is 59.0 Å². The lowest BCUT2D eigenvalue weighted by Crippen LogP contribution is -2.25. The number of carbonyl (C=O) groups is 1. The average Bonchev–Trinajstić information content (AvgIpc) is 3.24. The molecule has 0 aliphatic rings. The number of rotatable bonds is 11. The zero-order chi connectivity index (χ0) is 24.6. The summed E-state index contributed by atoms with van der Waals surface area (Å²) in [5, 5.41) is 3.05. The molecule has 1 amide bonds. The Morgan fingerprint density at radius 2 is 1.74 bits per heavy atom. The predicted molar refractivity (Wildman–Crippen MR) is 142 cm³/mol. The quantitative estimate of drug-likeness (QED) is 0.250. The maximum atomic E-state index is 12.7. The number of nitrogens with zero attached hydrogens (tertiary/aromatic N) is 2. The molecule has 0 fully saturated rings. The van der Waals surface area contributed by atoms with E-state index in [1.807, 2.05) is 49.4 Å². The molecule has 0 bridgehead atoms. The number of unbranched alkanes of at least 4 members (excludes halogenated alkanes) is 1. The number of aryl methyl sites for hydroxylation is 2. The van der Waals surface area contributed by atoms with Gasteiger partial charge in [-0.25, -0.2) is 4.98 Å². The molecule has 182 valence electrons. The lowest BCUT2D eigenvalue weighted by Gasteiger charge is -2.12. The van der Waals surface area contributed by atoms with Crippen LogP contribution in [-0.4, -0.2) is 22.1 Å². The van der Waals surface area contributed by atoms with E-state index in [0.717, 1.165) is 54.0 Å². The van der Waals surface area contributed by atoms with Gasteiger partial charge in [-0.1, -0.05) is 56.3 Å². The van der Waals surface area contributed by atoms with Gasteiger partial charge in [0, 0.05) is 12.1 Å². The molecule has 0 radical (unpaired) electrons. The number of fused-ring (bicyclic) bond motifs is 1. The van der Waals surface area contributed by atoms with Crippen LogP contribution >= 0.6 is 0 Å². The second-order valence-corrected chi connectivity index (χ2v) is 9.10. The third kappa shape index (κ3) is 6.10. The molecule has 4 rings (SSSR count). The molecule has 5 nitrogen and oxygen atoms in total. The fourth-order valence-corrected chi connectivity index (χ4v) is 4.28. The minimum Gasteiger partial charge on any atom is -0.494 e. The highest BCUT2D eigenvalue weighted by atomic mass is 16.5. The van der Waals surface area contributed by atoms with Gasteiger partial charge in [0.15, 0.2) is 0 Å². The first kappa shape index (κ1) is 24.5. The minimum atomic E-state index is -0.0746. The third-order valence-electron chi connectivity index (χ3n) is 6.64. The molecule has 5 heteroatoms. The maximum Gasteiger partial charge on any atom is 0.251 e. The van der Waals surface area contributed by atoms with E-state index in [-0.39, 0.29) is 5.91 Å². The Bertz CT molecular complexity index is 1260. The Morgan fingerprint density at radius 3 is 2.51 bits per heavy atom. The summed E-state index contributed by atoms with van der Waals surface area (Å²) >= 11 is 0. The third-order valence-corrected chi connectivity index (χ3v) is 6.64. The van der Waals surface area contributed by atoms with Crippen LogP contribution in [0.4, 0.5) is 0 Å². The molecular weight excluding hydrogens is 434 g/mol. The molecule has 1 unspecified atom stereocenters. The highest BCUT2D eigenvalue weighted by Crippen LogP contribution is 2.22. The summed E-state index contributed by atoms with van der Waals surface area (Å²) in [6, 6.07) is 24.2. The van der Waals surface area contributed by atoms with E-state index in [1.54, 1.807) is 0 Å². The normalized spacial score (nSPS) is 12.0. The number of imidazole rings is 1. The van der Waals surface area contributed by atoms with Crippen molar-refractivity contribution in [3.05, 3.63) is 95.3 Å². The smallest absolute Gasteiger partial charge is 0.251 e. The molecule has 0 saturated heterocycles. The van der Waals surface area contributed by atoms with Crippen LogP contribution in [0.5, 0.6) is 5.75 Å².